The van der Waals surface area contributed by atoms with E-state index < -0.39 is 11.9 Å². The standard InChI is InChI=1S/C12H16FNO2/c1-8(12(15)16)9(2)14-7-10-4-3-5-11(13)6-10/h3-6,8-9,14H,7H2,1-2H3,(H,15,16). The molecule has 16 heavy (non-hydrogen) atoms. The minimum absolute atomic E-state index is 0.152. The van der Waals surface area contributed by atoms with Gasteiger partial charge in [0.2, 0.25) is 0 Å². The average molecular weight is 225 g/mol. The minimum Gasteiger partial charge on any atom is -0.481 e. The van der Waals surface area contributed by atoms with E-state index >= 15 is 0 Å². The van der Waals surface area contributed by atoms with E-state index in [1.807, 2.05) is 0 Å². The van der Waals surface area contributed by atoms with Crippen molar-refractivity contribution in [3.63, 3.8) is 0 Å². The van der Waals surface area contributed by atoms with E-state index in [-0.39, 0.29) is 11.9 Å². The van der Waals surface area contributed by atoms with Crippen LogP contribution in [0.5, 0.6) is 0 Å². The van der Waals surface area contributed by atoms with Gasteiger partial charge in [-0.05, 0) is 24.6 Å². The Morgan fingerprint density at radius 2 is 2.19 bits per heavy atom. The summed E-state index contributed by atoms with van der Waals surface area (Å²) in [4.78, 5) is 10.7. The highest BCUT2D eigenvalue weighted by Crippen LogP contribution is 2.06. The van der Waals surface area contributed by atoms with E-state index in [9.17, 15) is 9.18 Å². The summed E-state index contributed by atoms with van der Waals surface area (Å²) in [5.74, 6) is -1.58. The summed E-state index contributed by atoms with van der Waals surface area (Å²) in [6.07, 6.45) is 0. The van der Waals surface area contributed by atoms with Crippen LogP contribution in [0.4, 0.5) is 4.39 Å². The predicted molar refractivity (Wildman–Crippen MR) is 59.5 cm³/mol. The van der Waals surface area contributed by atoms with Crippen LogP contribution in [0.15, 0.2) is 24.3 Å². The number of aliphatic carboxylic acids is 1. The first-order chi connectivity index (χ1) is 7.50. The Morgan fingerprint density at radius 1 is 1.50 bits per heavy atom. The molecule has 0 saturated carbocycles. The first-order valence-corrected chi connectivity index (χ1v) is 5.21. The van der Waals surface area contributed by atoms with Crippen LogP contribution in [0.3, 0.4) is 0 Å². The number of rotatable bonds is 5. The maximum atomic E-state index is 12.9. The van der Waals surface area contributed by atoms with Gasteiger partial charge in [-0.15, -0.1) is 0 Å². The molecule has 0 bridgehead atoms. The molecule has 0 heterocycles. The molecule has 0 aliphatic carbocycles. The van der Waals surface area contributed by atoms with Crippen LogP contribution in [-0.2, 0) is 11.3 Å². The molecule has 3 nitrogen and oxygen atoms in total. The Labute approximate surface area is 94.3 Å². The molecule has 0 aliphatic heterocycles. The predicted octanol–water partition coefficient (Wildman–Crippen LogP) is 2.02. The van der Waals surface area contributed by atoms with Gasteiger partial charge >= 0.3 is 5.97 Å². The van der Waals surface area contributed by atoms with Crippen molar-refractivity contribution in [2.45, 2.75) is 26.4 Å². The minimum atomic E-state index is -0.834. The number of carbonyl (C=O) groups is 1. The summed E-state index contributed by atoms with van der Waals surface area (Å²) in [6.45, 7) is 3.92. The number of halogens is 1. The lowest BCUT2D eigenvalue weighted by Gasteiger charge is -2.17. The number of hydrogen-bond acceptors (Lipinski definition) is 2. The number of hydrogen-bond donors (Lipinski definition) is 2. The summed E-state index contributed by atoms with van der Waals surface area (Å²) in [7, 11) is 0. The van der Waals surface area contributed by atoms with Crippen molar-refractivity contribution in [3.8, 4) is 0 Å². The lowest BCUT2D eigenvalue weighted by Crippen LogP contribution is -2.35. The van der Waals surface area contributed by atoms with E-state index in [2.05, 4.69) is 5.32 Å². The average Bonchev–Trinajstić information content (AvgIpc) is 2.24. The molecule has 1 aromatic carbocycles. The van der Waals surface area contributed by atoms with Gasteiger partial charge in [-0.25, -0.2) is 4.39 Å². The van der Waals surface area contributed by atoms with E-state index in [1.165, 1.54) is 12.1 Å². The molecule has 88 valence electrons. The van der Waals surface area contributed by atoms with Gasteiger partial charge in [-0.2, -0.15) is 0 Å². The Bertz CT molecular complexity index is 368. The fourth-order valence-electron chi connectivity index (χ4n) is 1.32. The highest BCUT2D eigenvalue weighted by atomic mass is 19.1. The summed E-state index contributed by atoms with van der Waals surface area (Å²) in [5.41, 5.74) is 0.810. The molecule has 0 radical (unpaired) electrons. The monoisotopic (exact) mass is 225 g/mol. The molecule has 1 aromatic rings. The SMILES string of the molecule is CC(NCc1cccc(F)c1)C(C)C(=O)O. The van der Waals surface area contributed by atoms with Crippen LogP contribution in [0.1, 0.15) is 19.4 Å². The Kier molecular flexibility index (Phi) is 4.43. The summed E-state index contributed by atoms with van der Waals surface area (Å²) < 4.78 is 12.9. The van der Waals surface area contributed by atoms with Gasteiger partial charge in [0.05, 0.1) is 5.92 Å². The molecule has 2 N–H and O–H groups in total. The first kappa shape index (κ1) is 12.6. The second-order valence-corrected chi connectivity index (χ2v) is 3.93. The summed E-state index contributed by atoms with van der Waals surface area (Å²) in [6, 6.07) is 6.10. The normalized spacial score (nSPS) is 14.4. The van der Waals surface area contributed by atoms with Crippen LogP contribution < -0.4 is 5.32 Å². The van der Waals surface area contributed by atoms with Crippen LogP contribution in [0.2, 0.25) is 0 Å². The van der Waals surface area contributed by atoms with Gasteiger partial charge in [0, 0.05) is 12.6 Å². The van der Waals surface area contributed by atoms with Gasteiger partial charge in [0.25, 0.3) is 0 Å². The third kappa shape index (κ3) is 3.62. The molecule has 0 fully saturated rings. The third-order valence-electron chi connectivity index (χ3n) is 2.66. The van der Waals surface area contributed by atoms with Crippen molar-refractivity contribution in [2.75, 3.05) is 0 Å². The number of carboxylic acid groups (broad SMARTS) is 1. The summed E-state index contributed by atoms with van der Waals surface area (Å²) in [5, 5.41) is 11.9. The topological polar surface area (TPSA) is 49.3 Å². The van der Waals surface area contributed by atoms with Crippen molar-refractivity contribution in [2.24, 2.45) is 5.92 Å². The van der Waals surface area contributed by atoms with Crippen LogP contribution in [-0.4, -0.2) is 17.1 Å². The molecule has 0 spiro atoms. The number of benzene rings is 1. The Balaban J connectivity index is 2.48. The summed E-state index contributed by atoms with van der Waals surface area (Å²) >= 11 is 0. The largest absolute Gasteiger partial charge is 0.481 e. The zero-order valence-electron chi connectivity index (χ0n) is 9.40. The second kappa shape index (κ2) is 5.61. The quantitative estimate of drug-likeness (QED) is 0.806. The zero-order valence-corrected chi connectivity index (χ0v) is 9.40. The first-order valence-electron chi connectivity index (χ1n) is 5.21. The van der Waals surface area contributed by atoms with Gasteiger partial charge in [0.15, 0.2) is 0 Å². The Hall–Kier alpha value is -1.42. The maximum absolute atomic E-state index is 12.9. The van der Waals surface area contributed by atoms with Gasteiger partial charge in [0.1, 0.15) is 5.82 Å². The number of nitrogens with one attached hydrogen (secondary N) is 1. The van der Waals surface area contributed by atoms with Gasteiger partial charge in [-0.3, -0.25) is 4.79 Å². The van der Waals surface area contributed by atoms with Crippen molar-refractivity contribution in [3.05, 3.63) is 35.6 Å². The molecule has 1 rings (SSSR count). The van der Waals surface area contributed by atoms with Gasteiger partial charge < -0.3 is 10.4 Å². The highest BCUT2D eigenvalue weighted by Gasteiger charge is 2.18. The lowest BCUT2D eigenvalue weighted by molar-refractivity contribution is -0.141. The second-order valence-electron chi connectivity index (χ2n) is 3.93. The highest BCUT2D eigenvalue weighted by molar-refractivity contribution is 5.70. The van der Waals surface area contributed by atoms with Crippen molar-refractivity contribution in [1.82, 2.24) is 5.32 Å². The Morgan fingerprint density at radius 3 is 2.75 bits per heavy atom. The van der Waals surface area contributed by atoms with Crippen LogP contribution in [0.25, 0.3) is 0 Å². The molecule has 4 heteroatoms. The third-order valence-corrected chi connectivity index (χ3v) is 2.66. The molecule has 0 saturated heterocycles. The molecular weight excluding hydrogens is 209 g/mol. The van der Waals surface area contributed by atoms with Crippen LogP contribution in [0, 0.1) is 11.7 Å². The number of carboxylic acids is 1. The molecule has 0 aliphatic rings. The van der Waals surface area contributed by atoms with E-state index in [1.54, 1.807) is 26.0 Å². The molecule has 2 atom stereocenters. The van der Waals surface area contributed by atoms with Gasteiger partial charge in [-0.1, -0.05) is 19.1 Å². The van der Waals surface area contributed by atoms with E-state index in [4.69, 9.17) is 5.11 Å². The zero-order chi connectivity index (χ0) is 12.1. The molecule has 0 aromatic heterocycles. The van der Waals surface area contributed by atoms with Crippen LogP contribution >= 0.6 is 0 Å². The molecule has 0 amide bonds. The fourth-order valence-corrected chi connectivity index (χ4v) is 1.32. The molecular formula is C12H16FNO2. The van der Waals surface area contributed by atoms with E-state index in [0.29, 0.717) is 6.54 Å². The van der Waals surface area contributed by atoms with E-state index in [0.717, 1.165) is 5.56 Å². The van der Waals surface area contributed by atoms with Crippen molar-refractivity contribution < 1.29 is 14.3 Å². The van der Waals surface area contributed by atoms with Crippen molar-refractivity contribution >= 4 is 5.97 Å². The fraction of sp³-hybridized carbons (Fsp3) is 0.417. The molecule has 2 unspecified atom stereocenters. The smallest absolute Gasteiger partial charge is 0.307 e. The lowest BCUT2D eigenvalue weighted by atomic mass is 10.0. The maximum Gasteiger partial charge on any atom is 0.307 e. The van der Waals surface area contributed by atoms with Crippen molar-refractivity contribution in [1.29, 1.82) is 0 Å².